The Bertz CT molecular complexity index is 894. The average molecular weight is 353 g/mol. The third kappa shape index (κ3) is 2.92. The maximum Gasteiger partial charge on any atom is 0.448 e. The first-order chi connectivity index (χ1) is 9.77. The summed E-state index contributed by atoms with van der Waals surface area (Å²) in [7, 11) is -4.01. The number of nitrogens with zero attached hydrogens (tertiary/aromatic N) is 2. The molecular formula is C11H10Cl2N2O5S. The fraction of sp³-hybridized carbons (Fsp3) is 0.273. The Morgan fingerprint density at radius 2 is 1.86 bits per heavy atom. The van der Waals surface area contributed by atoms with Gasteiger partial charge in [-0.05, 0) is 28.8 Å². The smallest absolute Gasteiger partial charge is 0.301 e. The van der Waals surface area contributed by atoms with Crippen LogP contribution in [0, 0.1) is 0 Å². The second-order valence-electron chi connectivity index (χ2n) is 4.12. The molecule has 1 aromatic carbocycles. The summed E-state index contributed by atoms with van der Waals surface area (Å²) in [5.74, 6) is -1.45. The molecule has 0 unspecified atom stereocenters. The van der Waals surface area contributed by atoms with E-state index in [1.54, 1.807) is 6.92 Å². The molecule has 2 rings (SSSR count). The summed E-state index contributed by atoms with van der Waals surface area (Å²) in [6, 6.07) is 3.99. The number of aromatic nitrogens is 2. The molecule has 7 nitrogen and oxygen atoms in total. The summed E-state index contributed by atoms with van der Waals surface area (Å²) < 4.78 is 28.9. The standard InChI is InChI=1S/C11H10Cl2N2O5S/c1-2-5-21(18,19)15-10(16)14(11(17)20-15)7-3-4-8(12)9(13)6-7/h3-4,6H,2,5H2,1H3. The van der Waals surface area contributed by atoms with Crippen molar-refractivity contribution in [1.29, 1.82) is 0 Å². The van der Waals surface area contributed by atoms with E-state index in [-0.39, 0.29) is 32.1 Å². The highest BCUT2D eigenvalue weighted by Crippen LogP contribution is 2.23. The van der Waals surface area contributed by atoms with Crippen LogP contribution in [0.4, 0.5) is 0 Å². The molecule has 0 aliphatic carbocycles. The Kier molecular flexibility index (Phi) is 4.31. The van der Waals surface area contributed by atoms with E-state index in [9.17, 15) is 18.0 Å². The van der Waals surface area contributed by atoms with Gasteiger partial charge in [0.1, 0.15) is 0 Å². The van der Waals surface area contributed by atoms with E-state index in [0.29, 0.717) is 4.57 Å². The van der Waals surface area contributed by atoms with E-state index in [0.717, 1.165) is 0 Å². The molecule has 0 bridgehead atoms. The molecule has 114 valence electrons. The molecule has 0 aliphatic rings. The number of rotatable bonds is 4. The van der Waals surface area contributed by atoms with Gasteiger partial charge in [0, 0.05) is 0 Å². The van der Waals surface area contributed by atoms with Crippen molar-refractivity contribution >= 4 is 33.2 Å². The number of halogens is 2. The molecule has 21 heavy (non-hydrogen) atoms. The van der Waals surface area contributed by atoms with Gasteiger partial charge in [-0.25, -0.2) is 18.0 Å². The highest BCUT2D eigenvalue weighted by atomic mass is 35.5. The van der Waals surface area contributed by atoms with Gasteiger partial charge in [0.25, 0.3) is 10.0 Å². The first-order valence-electron chi connectivity index (χ1n) is 5.82. The van der Waals surface area contributed by atoms with E-state index in [4.69, 9.17) is 23.2 Å². The molecule has 0 atom stereocenters. The van der Waals surface area contributed by atoms with Crippen molar-refractivity contribution in [2.24, 2.45) is 0 Å². The molecular weight excluding hydrogens is 343 g/mol. The van der Waals surface area contributed by atoms with E-state index < -0.39 is 21.5 Å². The fourth-order valence-electron chi connectivity index (χ4n) is 1.67. The quantitative estimate of drug-likeness (QED) is 0.831. The molecule has 0 fully saturated rings. The normalized spacial score (nSPS) is 11.8. The summed E-state index contributed by atoms with van der Waals surface area (Å²) in [5.41, 5.74) is -1.06. The lowest BCUT2D eigenvalue weighted by Gasteiger charge is -2.01. The number of benzene rings is 1. The lowest BCUT2D eigenvalue weighted by Crippen LogP contribution is -2.31. The topological polar surface area (TPSA) is 91.3 Å². The van der Waals surface area contributed by atoms with Crippen molar-refractivity contribution in [3.8, 4) is 5.69 Å². The van der Waals surface area contributed by atoms with Crippen molar-refractivity contribution < 1.29 is 12.9 Å². The van der Waals surface area contributed by atoms with E-state index in [1.165, 1.54) is 18.2 Å². The molecule has 0 saturated carbocycles. The Morgan fingerprint density at radius 1 is 1.19 bits per heavy atom. The highest BCUT2D eigenvalue weighted by molar-refractivity contribution is 7.89. The van der Waals surface area contributed by atoms with Crippen LogP contribution in [0.1, 0.15) is 13.3 Å². The first-order valence-corrected chi connectivity index (χ1v) is 8.18. The molecule has 0 aliphatic heterocycles. The molecule has 0 saturated heterocycles. The Morgan fingerprint density at radius 3 is 2.43 bits per heavy atom. The Balaban J connectivity index is 2.68. The maximum absolute atomic E-state index is 12.1. The van der Waals surface area contributed by atoms with Crippen LogP contribution in [0.15, 0.2) is 32.3 Å². The van der Waals surface area contributed by atoms with Crippen LogP contribution in [-0.4, -0.2) is 22.9 Å². The van der Waals surface area contributed by atoms with Gasteiger partial charge in [-0.3, -0.25) is 0 Å². The molecule has 1 heterocycles. The third-order valence-electron chi connectivity index (χ3n) is 2.57. The van der Waals surface area contributed by atoms with Crippen molar-refractivity contribution in [3.05, 3.63) is 49.3 Å². The largest absolute Gasteiger partial charge is 0.448 e. The molecule has 10 heteroatoms. The summed E-state index contributed by atoms with van der Waals surface area (Å²) in [6.45, 7) is 1.62. The van der Waals surface area contributed by atoms with Gasteiger partial charge in [0.2, 0.25) is 0 Å². The number of hydrogen-bond donors (Lipinski definition) is 0. The van der Waals surface area contributed by atoms with Crippen LogP contribution in [0.3, 0.4) is 0 Å². The highest BCUT2D eigenvalue weighted by Gasteiger charge is 2.23. The summed E-state index contributed by atoms with van der Waals surface area (Å²) >= 11 is 11.6. The molecule has 2 aromatic rings. The number of hydrogen-bond acceptors (Lipinski definition) is 5. The molecule has 0 spiro atoms. The maximum atomic E-state index is 12.1. The van der Waals surface area contributed by atoms with Crippen LogP contribution >= 0.6 is 23.2 Å². The van der Waals surface area contributed by atoms with Gasteiger partial charge < -0.3 is 4.52 Å². The first kappa shape index (κ1) is 15.9. The minimum atomic E-state index is -4.01. The summed E-state index contributed by atoms with van der Waals surface area (Å²) in [5, 5.41) is 0.348. The van der Waals surface area contributed by atoms with E-state index in [1.807, 2.05) is 0 Å². The van der Waals surface area contributed by atoms with Crippen molar-refractivity contribution in [1.82, 2.24) is 8.71 Å². The van der Waals surface area contributed by atoms with E-state index in [2.05, 4.69) is 4.52 Å². The van der Waals surface area contributed by atoms with Crippen molar-refractivity contribution in [2.45, 2.75) is 13.3 Å². The fourth-order valence-corrected chi connectivity index (χ4v) is 3.14. The molecule has 0 amide bonds. The predicted octanol–water partition coefficient (Wildman–Crippen LogP) is 1.49. The second-order valence-corrected chi connectivity index (χ2v) is 6.83. The molecule has 1 aromatic heterocycles. The van der Waals surface area contributed by atoms with Crippen LogP contribution in [0.5, 0.6) is 0 Å². The zero-order chi connectivity index (χ0) is 15.8. The SMILES string of the molecule is CCCS(=O)(=O)n1oc(=O)n(-c2ccc(Cl)c(Cl)c2)c1=O. The van der Waals surface area contributed by atoms with Crippen LogP contribution in [0.2, 0.25) is 10.0 Å². The Hall–Kier alpha value is -1.51. The lowest BCUT2D eigenvalue weighted by molar-refractivity contribution is 0.333. The molecule has 0 radical (unpaired) electrons. The lowest BCUT2D eigenvalue weighted by atomic mass is 10.3. The van der Waals surface area contributed by atoms with Crippen molar-refractivity contribution in [3.63, 3.8) is 0 Å². The zero-order valence-corrected chi connectivity index (χ0v) is 13.1. The molecule has 0 N–H and O–H groups in total. The van der Waals surface area contributed by atoms with Gasteiger partial charge in [-0.1, -0.05) is 30.1 Å². The van der Waals surface area contributed by atoms with Gasteiger partial charge >= 0.3 is 11.4 Å². The predicted molar refractivity (Wildman–Crippen MR) is 78.1 cm³/mol. The van der Waals surface area contributed by atoms with Crippen LogP contribution in [-0.2, 0) is 10.0 Å². The second kappa shape index (κ2) is 5.70. The monoisotopic (exact) mass is 352 g/mol. The van der Waals surface area contributed by atoms with Crippen LogP contribution in [0.25, 0.3) is 5.69 Å². The summed E-state index contributed by atoms with van der Waals surface area (Å²) in [4.78, 5) is 23.8. The Labute approximate surface area is 129 Å². The zero-order valence-electron chi connectivity index (χ0n) is 10.7. The summed E-state index contributed by atoms with van der Waals surface area (Å²) in [6.07, 6.45) is 0.274. The van der Waals surface area contributed by atoms with Gasteiger partial charge in [0.05, 0.1) is 21.5 Å². The average Bonchev–Trinajstić information content (AvgIpc) is 2.69. The van der Waals surface area contributed by atoms with Gasteiger partial charge in [0.15, 0.2) is 0 Å². The third-order valence-corrected chi connectivity index (χ3v) is 4.97. The van der Waals surface area contributed by atoms with Gasteiger partial charge in [-0.15, -0.1) is 0 Å². The van der Waals surface area contributed by atoms with Crippen molar-refractivity contribution in [2.75, 3.05) is 5.75 Å². The minimum absolute atomic E-state index is 0.0635. The van der Waals surface area contributed by atoms with Gasteiger partial charge in [-0.2, -0.15) is 4.57 Å². The van der Waals surface area contributed by atoms with E-state index >= 15 is 0 Å². The minimum Gasteiger partial charge on any atom is -0.301 e. The van der Waals surface area contributed by atoms with Crippen LogP contribution < -0.4 is 11.4 Å².